The quantitative estimate of drug-likeness (QED) is 0.620. The van der Waals surface area contributed by atoms with Gasteiger partial charge in [0.2, 0.25) is 5.89 Å². The Labute approximate surface area is 166 Å². The van der Waals surface area contributed by atoms with Gasteiger partial charge in [-0.25, -0.2) is 4.98 Å². The molecule has 1 unspecified atom stereocenters. The van der Waals surface area contributed by atoms with Crippen LogP contribution in [0.1, 0.15) is 47.9 Å². The van der Waals surface area contributed by atoms with Crippen molar-refractivity contribution in [2.75, 3.05) is 13.7 Å². The Morgan fingerprint density at radius 1 is 1.21 bits per heavy atom. The van der Waals surface area contributed by atoms with Gasteiger partial charge in [0.05, 0.1) is 12.8 Å². The van der Waals surface area contributed by atoms with E-state index < -0.39 is 0 Å². The summed E-state index contributed by atoms with van der Waals surface area (Å²) in [7, 11) is 1.69. The maximum Gasteiger partial charge on any atom is 0.226 e. The number of aromatic nitrogens is 2. The number of nitrogens with zero attached hydrogens (tertiary/aromatic N) is 3. The number of rotatable bonds is 5. The number of piperidine rings is 1. The average Bonchev–Trinajstić information content (AvgIpc) is 3.09. The van der Waals surface area contributed by atoms with Crippen molar-refractivity contribution in [3.05, 3.63) is 65.3 Å². The number of methoxy groups -OCH3 is 1. The zero-order chi connectivity index (χ0) is 19.5. The highest BCUT2D eigenvalue weighted by atomic mass is 16.5. The first kappa shape index (κ1) is 18.7. The van der Waals surface area contributed by atoms with E-state index in [9.17, 15) is 0 Å². The summed E-state index contributed by atoms with van der Waals surface area (Å²) in [6.45, 7) is 5.91. The number of ether oxygens (including phenoxy) is 1. The van der Waals surface area contributed by atoms with E-state index in [0.29, 0.717) is 11.9 Å². The molecule has 0 saturated carbocycles. The van der Waals surface area contributed by atoms with Gasteiger partial charge in [0.25, 0.3) is 0 Å². The van der Waals surface area contributed by atoms with Crippen molar-refractivity contribution in [3.63, 3.8) is 0 Å². The minimum absolute atomic E-state index is 0.394. The minimum Gasteiger partial charge on any atom is -0.496 e. The Morgan fingerprint density at radius 2 is 2.11 bits per heavy atom. The molecule has 2 aromatic heterocycles. The van der Waals surface area contributed by atoms with Crippen LogP contribution in [0.5, 0.6) is 5.75 Å². The van der Waals surface area contributed by atoms with Gasteiger partial charge in [-0.15, -0.1) is 0 Å². The second kappa shape index (κ2) is 8.15. The fourth-order valence-corrected chi connectivity index (χ4v) is 4.03. The van der Waals surface area contributed by atoms with Crippen molar-refractivity contribution in [2.24, 2.45) is 0 Å². The van der Waals surface area contributed by atoms with Crippen LogP contribution in [0.3, 0.4) is 0 Å². The third kappa shape index (κ3) is 3.80. The van der Waals surface area contributed by atoms with E-state index in [4.69, 9.17) is 14.1 Å². The molecule has 0 radical (unpaired) electrons. The van der Waals surface area contributed by atoms with Gasteiger partial charge in [-0.05, 0) is 68.6 Å². The Bertz CT molecular complexity index is 936. The Hall–Kier alpha value is -2.66. The SMILES string of the molecule is COc1ccc(-c2nc(CN3CCCCC3c3cccnc3)c(C)o2)cc1C. The lowest BCUT2D eigenvalue weighted by atomic mass is 9.96. The summed E-state index contributed by atoms with van der Waals surface area (Å²) in [5.74, 6) is 2.44. The highest BCUT2D eigenvalue weighted by Gasteiger charge is 2.26. The topological polar surface area (TPSA) is 51.4 Å². The maximum atomic E-state index is 6.02. The molecule has 3 aromatic rings. The molecule has 5 heteroatoms. The number of pyridine rings is 1. The van der Waals surface area contributed by atoms with Crippen molar-refractivity contribution in [1.82, 2.24) is 14.9 Å². The van der Waals surface area contributed by atoms with Crippen LogP contribution in [-0.2, 0) is 6.54 Å². The van der Waals surface area contributed by atoms with Crippen LogP contribution in [0.2, 0.25) is 0 Å². The lowest BCUT2D eigenvalue weighted by Crippen LogP contribution is -2.33. The summed E-state index contributed by atoms with van der Waals surface area (Å²) in [5.41, 5.74) is 4.36. The monoisotopic (exact) mass is 377 g/mol. The smallest absolute Gasteiger partial charge is 0.226 e. The van der Waals surface area contributed by atoms with Gasteiger partial charge in [-0.1, -0.05) is 12.5 Å². The molecule has 0 N–H and O–H groups in total. The van der Waals surface area contributed by atoms with Crippen molar-refractivity contribution in [1.29, 1.82) is 0 Å². The van der Waals surface area contributed by atoms with E-state index in [1.165, 1.54) is 18.4 Å². The summed E-state index contributed by atoms with van der Waals surface area (Å²) in [5, 5.41) is 0. The molecule has 0 spiro atoms. The second-order valence-electron chi connectivity index (χ2n) is 7.47. The van der Waals surface area contributed by atoms with Gasteiger partial charge in [0.15, 0.2) is 0 Å². The van der Waals surface area contributed by atoms with Crippen LogP contribution in [0.25, 0.3) is 11.5 Å². The van der Waals surface area contributed by atoms with Gasteiger partial charge in [0, 0.05) is 30.5 Å². The normalized spacial score (nSPS) is 17.6. The van der Waals surface area contributed by atoms with E-state index in [-0.39, 0.29) is 0 Å². The van der Waals surface area contributed by atoms with E-state index in [1.54, 1.807) is 7.11 Å². The Morgan fingerprint density at radius 3 is 2.86 bits per heavy atom. The third-order valence-corrected chi connectivity index (χ3v) is 5.57. The first-order chi connectivity index (χ1) is 13.7. The Kier molecular flexibility index (Phi) is 5.44. The predicted octanol–water partition coefficient (Wildman–Crippen LogP) is 5.09. The van der Waals surface area contributed by atoms with E-state index in [2.05, 4.69) is 22.0 Å². The molecule has 1 aliphatic rings. The van der Waals surface area contributed by atoms with Crippen LogP contribution in [0.15, 0.2) is 47.1 Å². The van der Waals surface area contributed by atoms with E-state index in [1.807, 2.05) is 44.4 Å². The number of hydrogen-bond acceptors (Lipinski definition) is 5. The van der Waals surface area contributed by atoms with E-state index >= 15 is 0 Å². The summed E-state index contributed by atoms with van der Waals surface area (Å²) < 4.78 is 11.4. The van der Waals surface area contributed by atoms with Crippen LogP contribution in [0, 0.1) is 13.8 Å². The van der Waals surface area contributed by atoms with Gasteiger partial charge in [0.1, 0.15) is 11.5 Å². The standard InChI is InChI=1S/C23H27N3O2/c1-16-13-18(9-10-22(16)27-3)23-25-20(17(2)28-23)15-26-12-5-4-8-21(26)19-7-6-11-24-14-19/h6-7,9-11,13-14,21H,4-5,8,12,15H2,1-3H3. The first-order valence-corrected chi connectivity index (χ1v) is 9.91. The lowest BCUT2D eigenvalue weighted by Gasteiger charge is -2.35. The second-order valence-corrected chi connectivity index (χ2v) is 7.47. The summed E-state index contributed by atoms with van der Waals surface area (Å²) in [4.78, 5) is 11.7. The van der Waals surface area contributed by atoms with Crippen molar-refractivity contribution >= 4 is 0 Å². The highest BCUT2D eigenvalue weighted by molar-refractivity contribution is 5.57. The maximum absolute atomic E-state index is 6.02. The van der Waals surface area contributed by atoms with Crippen LogP contribution < -0.4 is 4.74 Å². The molecule has 0 aliphatic carbocycles. The third-order valence-electron chi connectivity index (χ3n) is 5.57. The van der Waals surface area contributed by atoms with Crippen molar-refractivity contribution < 1.29 is 9.15 Å². The number of hydrogen-bond donors (Lipinski definition) is 0. The molecule has 28 heavy (non-hydrogen) atoms. The number of oxazole rings is 1. The van der Waals surface area contributed by atoms with Crippen LogP contribution >= 0.6 is 0 Å². The van der Waals surface area contributed by atoms with Crippen molar-refractivity contribution in [3.8, 4) is 17.2 Å². The summed E-state index contributed by atoms with van der Waals surface area (Å²) in [6.07, 6.45) is 7.46. The zero-order valence-corrected chi connectivity index (χ0v) is 16.8. The summed E-state index contributed by atoms with van der Waals surface area (Å²) in [6, 6.07) is 10.6. The molecular formula is C23H27N3O2. The molecular weight excluding hydrogens is 350 g/mol. The lowest BCUT2D eigenvalue weighted by molar-refractivity contribution is 0.138. The fourth-order valence-electron chi connectivity index (χ4n) is 4.03. The number of aryl methyl sites for hydroxylation is 2. The number of likely N-dealkylation sites (tertiary alicyclic amines) is 1. The van der Waals surface area contributed by atoms with Crippen LogP contribution in [0.4, 0.5) is 0 Å². The minimum atomic E-state index is 0.394. The molecule has 0 bridgehead atoms. The molecule has 5 nitrogen and oxygen atoms in total. The molecule has 146 valence electrons. The molecule has 3 heterocycles. The predicted molar refractivity (Wildman–Crippen MR) is 109 cm³/mol. The van der Waals surface area contributed by atoms with Gasteiger partial charge >= 0.3 is 0 Å². The van der Waals surface area contributed by atoms with Crippen LogP contribution in [-0.4, -0.2) is 28.5 Å². The molecule has 0 amide bonds. The molecule has 1 fully saturated rings. The molecule has 4 rings (SSSR count). The molecule has 1 atom stereocenters. The zero-order valence-electron chi connectivity index (χ0n) is 16.8. The Balaban J connectivity index is 1.57. The summed E-state index contributed by atoms with van der Waals surface area (Å²) >= 11 is 0. The van der Waals surface area contributed by atoms with Gasteiger partial charge in [-0.3, -0.25) is 9.88 Å². The van der Waals surface area contributed by atoms with Gasteiger partial charge in [-0.2, -0.15) is 0 Å². The average molecular weight is 377 g/mol. The van der Waals surface area contributed by atoms with Gasteiger partial charge < -0.3 is 9.15 Å². The molecule has 1 saturated heterocycles. The largest absolute Gasteiger partial charge is 0.496 e. The fraction of sp³-hybridized carbons (Fsp3) is 0.391. The van der Waals surface area contributed by atoms with E-state index in [0.717, 1.165) is 47.8 Å². The first-order valence-electron chi connectivity index (χ1n) is 9.91. The number of benzene rings is 1. The molecule has 1 aliphatic heterocycles. The molecule has 1 aromatic carbocycles. The van der Waals surface area contributed by atoms with Crippen molar-refractivity contribution in [2.45, 2.75) is 45.7 Å². The highest BCUT2D eigenvalue weighted by Crippen LogP contribution is 2.33.